The van der Waals surface area contributed by atoms with E-state index in [0.717, 1.165) is 0 Å². The number of thiol groups is 1. The van der Waals surface area contributed by atoms with Gasteiger partial charge in [-0.1, -0.05) is 6.58 Å². The van der Waals surface area contributed by atoms with Gasteiger partial charge in [0.05, 0.1) is 6.42 Å². The first kappa shape index (κ1) is 13.0. The number of hydrogen-bond acceptors (Lipinski definition) is 5. The van der Waals surface area contributed by atoms with Crippen molar-refractivity contribution in [1.29, 1.82) is 0 Å². The summed E-state index contributed by atoms with van der Waals surface area (Å²) in [7, 11) is 0. The molecule has 0 aliphatic carbocycles. The molecule has 0 aromatic rings. The standard InChI is InChI=1S/C9H14O4S/c1-7(2)9(11)13-5-4-12-8(10)3-6-14/h14H,1,3-6H2,2H3. The lowest BCUT2D eigenvalue weighted by Crippen LogP contribution is -2.14. The van der Waals surface area contributed by atoms with Crippen LogP contribution in [0.3, 0.4) is 0 Å². The minimum Gasteiger partial charge on any atom is -0.462 e. The summed E-state index contributed by atoms with van der Waals surface area (Å²) in [5.41, 5.74) is 0.326. The SMILES string of the molecule is C=C(C)C(=O)OCCOC(=O)CCS. The summed E-state index contributed by atoms with van der Waals surface area (Å²) in [6.45, 7) is 5.09. The number of carbonyl (C=O) groups is 2. The predicted molar refractivity (Wildman–Crippen MR) is 55.2 cm³/mol. The molecule has 5 heteroatoms. The van der Waals surface area contributed by atoms with E-state index in [-0.39, 0.29) is 25.6 Å². The van der Waals surface area contributed by atoms with Crippen LogP contribution in [0.1, 0.15) is 13.3 Å². The van der Waals surface area contributed by atoms with Crippen molar-refractivity contribution >= 4 is 24.6 Å². The summed E-state index contributed by atoms with van der Waals surface area (Å²) in [6.07, 6.45) is 0.261. The van der Waals surface area contributed by atoms with Gasteiger partial charge in [-0.25, -0.2) is 4.79 Å². The maximum Gasteiger partial charge on any atom is 0.333 e. The third kappa shape index (κ3) is 6.54. The summed E-state index contributed by atoms with van der Waals surface area (Å²) in [5.74, 6) is -0.369. The van der Waals surface area contributed by atoms with Crippen LogP contribution in [0.4, 0.5) is 0 Å². The second-order valence-electron chi connectivity index (χ2n) is 2.61. The van der Waals surface area contributed by atoms with Gasteiger partial charge in [-0.3, -0.25) is 4.79 Å². The molecule has 0 spiro atoms. The maximum atomic E-state index is 10.8. The quantitative estimate of drug-likeness (QED) is 0.312. The molecule has 0 bridgehead atoms. The van der Waals surface area contributed by atoms with Crippen molar-refractivity contribution in [3.05, 3.63) is 12.2 Å². The van der Waals surface area contributed by atoms with Crippen LogP contribution in [0.25, 0.3) is 0 Å². The number of rotatable bonds is 6. The molecule has 0 atom stereocenters. The fraction of sp³-hybridized carbons (Fsp3) is 0.556. The third-order valence-electron chi connectivity index (χ3n) is 1.24. The number of hydrogen-bond donors (Lipinski definition) is 1. The zero-order chi connectivity index (χ0) is 11.0. The van der Waals surface area contributed by atoms with Crippen molar-refractivity contribution in [2.75, 3.05) is 19.0 Å². The molecule has 0 saturated carbocycles. The highest BCUT2D eigenvalue weighted by atomic mass is 32.1. The van der Waals surface area contributed by atoms with Crippen LogP contribution in [-0.4, -0.2) is 30.9 Å². The predicted octanol–water partition coefficient (Wildman–Crippen LogP) is 0.969. The Bertz CT molecular complexity index is 225. The Morgan fingerprint density at radius 3 is 2.36 bits per heavy atom. The third-order valence-corrected chi connectivity index (χ3v) is 1.47. The average molecular weight is 218 g/mol. The van der Waals surface area contributed by atoms with E-state index in [1.165, 1.54) is 0 Å². The fourth-order valence-corrected chi connectivity index (χ4v) is 0.759. The summed E-state index contributed by atoms with van der Waals surface area (Å²) < 4.78 is 9.42. The van der Waals surface area contributed by atoms with Crippen molar-refractivity contribution in [3.8, 4) is 0 Å². The monoisotopic (exact) mass is 218 g/mol. The lowest BCUT2D eigenvalue weighted by atomic mass is 10.4. The molecule has 0 amide bonds. The van der Waals surface area contributed by atoms with Crippen LogP contribution in [0, 0.1) is 0 Å². The van der Waals surface area contributed by atoms with Crippen molar-refractivity contribution in [3.63, 3.8) is 0 Å². The number of carbonyl (C=O) groups excluding carboxylic acids is 2. The van der Waals surface area contributed by atoms with E-state index in [4.69, 9.17) is 9.47 Å². The molecule has 4 nitrogen and oxygen atoms in total. The van der Waals surface area contributed by atoms with Gasteiger partial charge in [0.2, 0.25) is 0 Å². The van der Waals surface area contributed by atoms with Gasteiger partial charge in [0.1, 0.15) is 13.2 Å². The molecule has 0 aliphatic heterocycles. The molecule has 14 heavy (non-hydrogen) atoms. The van der Waals surface area contributed by atoms with E-state index in [1.54, 1.807) is 6.92 Å². The number of esters is 2. The Labute approximate surface area is 88.7 Å². The summed E-state index contributed by atoms with van der Waals surface area (Å²) in [4.78, 5) is 21.6. The van der Waals surface area contributed by atoms with E-state index >= 15 is 0 Å². The number of ether oxygens (including phenoxy) is 2. The first-order valence-corrected chi connectivity index (χ1v) is 4.80. The highest BCUT2D eigenvalue weighted by Crippen LogP contribution is 1.93. The highest BCUT2D eigenvalue weighted by Gasteiger charge is 2.04. The normalized spacial score (nSPS) is 9.29. The molecule has 0 heterocycles. The molecule has 80 valence electrons. The Kier molecular flexibility index (Phi) is 6.92. The summed E-state index contributed by atoms with van der Waals surface area (Å²) in [6, 6.07) is 0. The van der Waals surface area contributed by atoms with Crippen molar-refractivity contribution in [2.24, 2.45) is 0 Å². The van der Waals surface area contributed by atoms with Gasteiger partial charge in [0.15, 0.2) is 0 Å². The van der Waals surface area contributed by atoms with Crippen LogP contribution < -0.4 is 0 Å². The molecular formula is C9H14O4S. The fourth-order valence-electron chi connectivity index (χ4n) is 0.577. The van der Waals surface area contributed by atoms with E-state index in [2.05, 4.69) is 19.2 Å². The minimum absolute atomic E-state index is 0.0595. The zero-order valence-electron chi connectivity index (χ0n) is 8.12. The molecule has 0 aromatic carbocycles. The van der Waals surface area contributed by atoms with Crippen molar-refractivity contribution in [2.45, 2.75) is 13.3 Å². The van der Waals surface area contributed by atoms with Crippen LogP contribution in [-0.2, 0) is 19.1 Å². The Morgan fingerprint density at radius 2 is 1.86 bits per heavy atom. The lowest BCUT2D eigenvalue weighted by molar-refractivity contribution is -0.149. The molecule has 0 saturated heterocycles. The van der Waals surface area contributed by atoms with Crippen molar-refractivity contribution < 1.29 is 19.1 Å². The molecule has 0 rings (SSSR count). The van der Waals surface area contributed by atoms with E-state index in [0.29, 0.717) is 11.3 Å². The minimum atomic E-state index is -0.477. The molecule has 0 fully saturated rings. The maximum absolute atomic E-state index is 10.8. The molecule has 0 N–H and O–H groups in total. The Morgan fingerprint density at radius 1 is 1.29 bits per heavy atom. The van der Waals surface area contributed by atoms with E-state index < -0.39 is 5.97 Å². The molecular weight excluding hydrogens is 204 g/mol. The Hall–Kier alpha value is -0.970. The van der Waals surface area contributed by atoms with E-state index in [9.17, 15) is 9.59 Å². The second kappa shape index (κ2) is 7.44. The molecule has 0 aromatic heterocycles. The van der Waals surface area contributed by atoms with Crippen molar-refractivity contribution in [1.82, 2.24) is 0 Å². The highest BCUT2D eigenvalue weighted by molar-refractivity contribution is 7.80. The smallest absolute Gasteiger partial charge is 0.333 e. The molecule has 0 radical (unpaired) electrons. The molecule has 0 unspecified atom stereocenters. The van der Waals surface area contributed by atoms with Gasteiger partial charge in [-0.05, 0) is 6.92 Å². The van der Waals surface area contributed by atoms with Crippen LogP contribution in [0.5, 0.6) is 0 Å². The van der Waals surface area contributed by atoms with Gasteiger partial charge in [0.25, 0.3) is 0 Å². The van der Waals surface area contributed by atoms with Crippen LogP contribution >= 0.6 is 12.6 Å². The van der Waals surface area contributed by atoms with Gasteiger partial charge in [-0.15, -0.1) is 0 Å². The molecule has 0 aliphatic rings. The van der Waals surface area contributed by atoms with Crippen LogP contribution in [0.15, 0.2) is 12.2 Å². The lowest BCUT2D eigenvalue weighted by Gasteiger charge is -2.05. The van der Waals surface area contributed by atoms with Gasteiger partial charge in [0, 0.05) is 11.3 Å². The Balaban J connectivity index is 3.42. The first-order chi connectivity index (χ1) is 6.57. The van der Waals surface area contributed by atoms with Gasteiger partial charge in [-0.2, -0.15) is 12.6 Å². The van der Waals surface area contributed by atoms with Gasteiger partial charge >= 0.3 is 11.9 Å². The summed E-state index contributed by atoms with van der Waals surface area (Å²) in [5, 5.41) is 0. The first-order valence-electron chi connectivity index (χ1n) is 4.17. The average Bonchev–Trinajstić information content (AvgIpc) is 2.12. The topological polar surface area (TPSA) is 52.6 Å². The van der Waals surface area contributed by atoms with Crippen LogP contribution in [0.2, 0.25) is 0 Å². The van der Waals surface area contributed by atoms with E-state index in [1.807, 2.05) is 0 Å². The largest absolute Gasteiger partial charge is 0.462 e. The van der Waals surface area contributed by atoms with Gasteiger partial charge < -0.3 is 9.47 Å². The summed E-state index contributed by atoms with van der Waals surface area (Å²) >= 11 is 3.87. The zero-order valence-corrected chi connectivity index (χ0v) is 9.01. The second-order valence-corrected chi connectivity index (χ2v) is 3.06.